The van der Waals surface area contributed by atoms with Crippen molar-refractivity contribution in [2.45, 2.75) is 31.7 Å². The summed E-state index contributed by atoms with van der Waals surface area (Å²) in [6.45, 7) is 5.59. The van der Waals surface area contributed by atoms with E-state index in [0.29, 0.717) is 11.3 Å². The number of fused-ring (bicyclic) bond motifs is 1. The Bertz CT molecular complexity index is 981. The molecule has 0 saturated carbocycles. The van der Waals surface area contributed by atoms with Crippen LogP contribution in [0.3, 0.4) is 0 Å². The number of hydrogen-bond donors (Lipinski definition) is 2. The fraction of sp³-hybridized carbons (Fsp3) is 0.222. The van der Waals surface area contributed by atoms with Gasteiger partial charge in [0.05, 0.1) is 4.90 Å². The summed E-state index contributed by atoms with van der Waals surface area (Å²) in [7, 11) is -3.61. The van der Waals surface area contributed by atoms with Crippen LogP contribution in [-0.4, -0.2) is 26.2 Å². The molecule has 0 spiro atoms. The molecule has 130 valence electrons. The molecule has 3 rings (SSSR count). The third-order valence-corrected chi connectivity index (χ3v) is 5.54. The van der Waals surface area contributed by atoms with Crippen molar-refractivity contribution in [3.63, 3.8) is 0 Å². The largest absolute Gasteiger partial charge is 0.324 e. The number of amidine groups is 1. The summed E-state index contributed by atoms with van der Waals surface area (Å²) < 4.78 is 26.6. The highest BCUT2D eigenvalue weighted by molar-refractivity contribution is 7.90. The highest BCUT2D eigenvalue weighted by atomic mass is 32.2. The van der Waals surface area contributed by atoms with Crippen molar-refractivity contribution < 1.29 is 13.2 Å². The number of aryl methyl sites for hydroxylation is 2. The van der Waals surface area contributed by atoms with Crippen molar-refractivity contribution in [3.8, 4) is 0 Å². The summed E-state index contributed by atoms with van der Waals surface area (Å²) in [6, 6.07) is 11.5. The van der Waals surface area contributed by atoms with Gasteiger partial charge in [-0.1, -0.05) is 18.2 Å². The lowest BCUT2D eigenvalue weighted by Gasteiger charge is -2.11. The lowest BCUT2D eigenvalue weighted by molar-refractivity contribution is -0.117. The molecule has 1 atom stereocenters. The number of rotatable bonds is 3. The predicted molar refractivity (Wildman–Crippen MR) is 97.3 cm³/mol. The van der Waals surface area contributed by atoms with E-state index in [9.17, 15) is 13.2 Å². The molecule has 7 heteroatoms. The normalized spacial score (nSPS) is 17.6. The van der Waals surface area contributed by atoms with E-state index in [1.165, 1.54) is 6.07 Å². The number of nitrogens with one attached hydrogen (secondary N) is 2. The number of anilines is 1. The van der Waals surface area contributed by atoms with Gasteiger partial charge < -0.3 is 5.32 Å². The Labute approximate surface area is 147 Å². The molecule has 0 radical (unpaired) electrons. The third-order valence-electron chi connectivity index (χ3n) is 4.14. The van der Waals surface area contributed by atoms with Gasteiger partial charge in [-0.15, -0.1) is 0 Å². The topological polar surface area (TPSA) is 87.6 Å². The first-order chi connectivity index (χ1) is 11.8. The molecule has 0 fully saturated rings. The number of carbonyl (C=O) groups excluding carboxylic acids is 1. The summed E-state index contributed by atoms with van der Waals surface area (Å²) in [5.74, 6) is -0.113. The Balaban J connectivity index is 1.82. The van der Waals surface area contributed by atoms with E-state index in [1.54, 1.807) is 25.1 Å². The Morgan fingerprint density at radius 2 is 1.84 bits per heavy atom. The smallest absolute Gasteiger partial charge is 0.263 e. The molecule has 6 nitrogen and oxygen atoms in total. The third kappa shape index (κ3) is 3.41. The highest BCUT2D eigenvalue weighted by Crippen LogP contribution is 2.22. The van der Waals surface area contributed by atoms with Crippen LogP contribution < -0.4 is 10.0 Å². The first-order valence-corrected chi connectivity index (χ1v) is 9.34. The van der Waals surface area contributed by atoms with Crippen molar-refractivity contribution >= 4 is 27.5 Å². The lowest BCUT2D eigenvalue weighted by Crippen LogP contribution is -2.28. The fourth-order valence-electron chi connectivity index (χ4n) is 2.55. The molecule has 0 unspecified atom stereocenters. The number of benzene rings is 2. The molecule has 25 heavy (non-hydrogen) atoms. The maximum absolute atomic E-state index is 12.4. The maximum Gasteiger partial charge on any atom is 0.263 e. The van der Waals surface area contributed by atoms with Crippen molar-refractivity contribution in [3.05, 3.63) is 59.2 Å². The van der Waals surface area contributed by atoms with Gasteiger partial charge in [0.25, 0.3) is 10.0 Å². The molecule has 1 aliphatic heterocycles. The van der Waals surface area contributed by atoms with Crippen LogP contribution in [0.5, 0.6) is 0 Å². The van der Waals surface area contributed by atoms with Gasteiger partial charge in [-0.05, 0) is 56.2 Å². The molecular weight excluding hydrogens is 338 g/mol. The van der Waals surface area contributed by atoms with Crippen LogP contribution in [0, 0.1) is 13.8 Å². The van der Waals surface area contributed by atoms with Gasteiger partial charge in [0, 0.05) is 11.3 Å². The molecule has 0 aliphatic carbocycles. The van der Waals surface area contributed by atoms with Gasteiger partial charge in [-0.25, -0.2) is 8.42 Å². The van der Waals surface area contributed by atoms with Crippen molar-refractivity contribution in [1.29, 1.82) is 0 Å². The van der Waals surface area contributed by atoms with Crippen molar-refractivity contribution in [2.75, 3.05) is 5.32 Å². The summed E-state index contributed by atoms with van der Waals surface area (Å²) in [4.78, 5) is 16.8. The Hall–Kier alpha value is -2.67. The van der Waals surface area contributed by atoms with Gasteiger partial charge in [0.2, 0.25) is 5.91 Å². The summed E-state index contributed by atoms with van der Waals surface area (Å²) in [6.07, 6.45) is 0. The number of sulfonamides is 1. The minimum Gasteiger partial charge on any atom is -0.324 e. The number of aliphatic imine (C=N–C) groups is 1. The van der Waals surface area contributed by atoms with Gasteiger partial charge >= 0.3 is 0 Å². The number of amides is 1. The molecule has 1 amide bonds. The van der Waals surface area contributed by atoms with Crippen LogP contribution in [0.1, 0.15) is 23.6 Å². The maximum atomic E-state index is 12.4. The fourth-order valence-corrected chi connectivity index (χ4v) is 3.79. The van der Waals surface area contributed by atoms with E-state index in [1.807, 2.05) is 32.0 Å². The minimum atomic E-state index is -3.61. The van der Waals surface area contributed by atoms with Crippen LogP contribution in [0.4, 0.5) is 5.69 Å². The predicted octanol–water partition coefficient (Wildman–Crippen LogP) is 2.37. The van der Waals surface area contributed by atoms with E-state index in [2.05, 4.69) is 15.0 Å². The Kier molecular flexibility index (Phi) is 4.34. The lowest BCUT2D eigenvalue weighted by atomic mass is 10.1. The molecule has 0 aromatic heterocycles. The quantitative estimate of drug-likeness (QED) is 0.884. The standard InChI is InChI=1S/C18H19N3O3S/c1-11-8-9-14(10-12(11)2)20-18(22)13(3)19-17-15-6-4-5-7-16(15)25(23,24)21-17/h4-10,13H,1-3H3,(H,19,21)(H,20,22)/t13-/m0/s1. The molecule has 2 aromatic rings. The Morgan fingerprint density at radius 1 is 1.12 bits per heavy atom. The van der Waals surface area contributed by atoms with E-state index in [0.717, 1.165) is 11.1 Å². The molecule has 2 N–H and O–H groups in total. The monoisotopic (exact) mass is 357 g/mol. The van der Waals surface area contributed by atoms with Crippen LogP contribution >= 0.6 is 0 Å². The zero-order valence-electron chi connectivity index (χ0n) is 14.2. The van der Waals surface area contributed by atoms with Crippen LogP contribution in [0.15, 0.2) is 52.4 Å². The van der Waals surface area contributed by atoms with E-state index in [-0.39, 0.29) is 16.6 Å². The SMILES string of the molecule is Cc1ccc(NC(=O)[C@H](C)N=C2NS(=O)(=O)c3ccccc32)cc1C. The Morgan fingerprint density at radius 3 is 2.56 bits per heavy atom. The highest BCUT2D eigenvalue weighted by Gasteiger charge is 2.31. The molecule has 1 aliphatic rings. The molecular formula is C18H19N3O3S. The first kappa shape index (κ1) is 17.2. The summed E-state index contributed by atoms with van der Waals surface area (Å²) in [5.41, 5.74) is 3.39. The average molecular weight is 357 g/mol. The second kappa shape index (κ2) is 6.33. The summed E-state index contributed by atoms with van der Waals surface area (Å²) >= 11 is 0. The van der Waals surface area contributed by atoms with E-state index < -0.39 is 16.1 Å². The number of nitrogens with zero attached hydrogens (tertiary/aromatic N) is 1. The first-order valence-electron chi connectivity index (χ1n) is 7.86. The second-order valence-corrected chi connectivity index (χ2v) is 7.69. The van der Waals surface area contributed by atoms with Gasteiger partial charge in [0.15, 0.2) is 0 Å². The summed E-state index contributed by atoms with van der Waals surface area (Å²) in [5, 5.41) is 2.81. The van der Waals surface area contributed by atoms with Crippen LogP contribution in [0.25, 0.3) is 0 Å². The zero-order chi connectivity index (χ0) is 18.2. The van der Waals surface area contributed by atoms with Crippen LogP contribution in [-0.2, 0) is 14.8 Å². The van der Waals surface area contributed by atoms with Crippen molar-refractivity contribution in [2.24, 2.45) is 4.99 Å². The van der Waals surface area contributed by atoms with Gasteiger partial charge in [-0.2, -0.15) is 0 Å². The number of hydrogen-bond acceptors (Lipinski definition) is 4. The van der Waals surface area contributed by atoms with Crippen molar-refractivity contribution in [1.82, 2.24) is 4.72 Å². The average Bonchev–Trinajstić information content (AvgIpc) is 2.82. The second-order valence-electron chi connectivity index (χ2n) is 6.04. The minimum absolute atomic E-state index is 0.176. The zero-order valence-corrected chi connectivity index (χ0v) is 15.0. The molecule has 0 bridgehead atoms. The van der Waals surface area contributed by atoms with Crippen LogP contribution in [0.2, 0.25) is 0 Å². The van der Waals surface area contributed by atoms with E-state index in [4.69, 9.17) is 0 Å². The molecule has 1 heterocycles. The van der Waals surface area contributed by atoms with Gasteiger partial charge in [-0.3, -0.25) is 14.5 Å². The van der Waals surface area contributed by atoms with E-state index >= 15 is 0 Å². The number of carbonyl (C=O) groups is 1. The molecule has 2 aromatic carbocycles. The van der Waals surface area contributed by atoms with Gasteiger partial charge in [0.1, 0.15) is 11.9 Å². The molecule has 0 saturated heterocycles.